The molecule has 3 aromatic heterocycles. The molecule has 0 spiro atoms. The number of pyridine rings is 1. The van der Waals surface area contributed by atoms with Gasteiger partial charge in [0.1, 0.15) is 17.3 Å². The monoisotopic (exact) mass is 364 g/mol. The van der Waals surface area contributed by atoms with Gasteiger partial charge in [-0.3, -0.25) is 9.97 Å². The summed E-state index contributed by atoms with van der Waals surface area (Å²) in [6.07, 6.45) is 5.68. The molecule has 6 heteroatoms. The molecule has 0 radical (unpaired) electrons. The van der Waals surface area contributed by atoms with E-state index in [1.165, 1.54) is 0 Å². The lowest BCUT2D eigenvalue weighted by atomic mass is 10.0. The van der Waals surface area contributed by atoms with Gasteiger partial charge < -0.3 is 14.1 Å². The Morgan fingerprint density at radius 1 is 1.04 bits per heavy atom. The largest absolute Gasteiger partial charge is 0.469 e. The summed E-state index contributed by atoms with van der Waals surface area (Å²) in [6, 6.07) is 5.95. The van der Waals surface area contributed by atoms with E-state index in [0.29, 0.717) is 0 Å². The Hall–Kier alpha value is -2.73. The summed E-state index contributed by atoms with van der Waals surface area (Å²) in [5, 5.41) is 0. The van der Waals surface area contributed by atoms with Gasteiger partial charge in [-0.15, -0.1) is 0 Å². The lowest BCUT2D eigenvalue weighted by Gasteiger charge is -2.36. The van der Waals surface area contributed by atoms with Gasteiger partial charge in [-0.05, 0) is 45.9 Å². The van der Waals surface area contributed by atoms with Crippen molar-refractivity contribution in [1.82, 2.24) is 15.0 Å². The average molecular weight is 364 g/mol. The van der Waals surface area contributed by atoms with Gasteiger partial charge in [0.15, 0.2) is 0 Å². The number of aryl methyl sites for hydroxylation is 2. The number of morpholine rings is 1. The van der Waals surface area contributed by atoms with Crippen LogP contribution in [0.4, 0.5) is 5.82 Å². The number of rotatable bonds is 3. The molecular weight excluding hydrogens is 340 g/mol. The van der Waals surface area contributed by atoms with Crippen LogP contribution in [0.1, 0.15) is 25.3 Å². The van der Waals surface area contributed by atoms with Crippen molar-refractivity contribution < 1.29 is 9.15 Å². The van der Waals surface area contributed by atoms with Crippen molar-refractivity contribution in [3.05, 3.63) is 48.3 Å². The maximum absolute atomic E-state index is 5.85. The van der Waals surface area contributed by atoms with Crippen LogP contribution in [0.5, 0.6) is 0 Å². The third-order valence-electron chi connectivity index (χ3n) is 4.79. The predicted molar refractivity (Wildman–Crippen MR) is 105 cm³/mol. The van der Waals surface area contributed by atoms with Gasteiger partial charge in [-0.1, -0.05) is 0 Å². The Labute approximate surface area is 159 Å². The lowest BCUT2D eigenvalue weighted by Crippen LogP contribution is -2.45. The molecule has 1 aliphatic heterocycles. The second kappa shape index (κ2) is 7.12. The first-order chi connectivity index (χ1) is 13.0. The van der Waals surface area contributed by atoms with E-state index >= 15 is 0 Å². The van der Waals surface area contributed by atoms with Crippen LogP contribution in [0.25, 0.3) is 22.5 Å². The quantitative estimate of drug-likeness (QED) is 0.699. The van der Waals surface area contributed by atoms with Crippen LogP contribution in [-0.2, 0) is 4.74 Å². The van der Waals surface area contributed by atoms with Crippen LogP contribution in [0, 0.1) is 13.8 Å². The molecule has 1 aliphatic rings. The summed E-state index contributed by atoms with van der Waals surface area (Å²) in [6.45, 7) is 9.71. The summed E-state index contributed by atoms with van der Waals surface area (Å²) in [5.74, 6) is 1.69. The van der Waals surface area contributed by atoms with Gasteiger partial charge in [0.05, 0.1) is 30.4 Å². The summed E-state index contributed by atoms with van der Waals surface area (Å²) in [7, 11) is 0. The summed E-state index contributed by atoms with van der Waals surface area (Å²) in [5.41, 5.74) is 4.58. The van der Waals surface area contributed by atoms with Crippen molar-refractivity contribution in [1.29, 1.82) is 0 Å². The molecule has 0 aliphatic carbocycles. The molecule has 0 bridgehead atoms. The fraction of sp³-hybridized carbons (Fsp3) is 0.381. The smallest absolute Gasteiger partial charge is 0.148 e. The van der Waals surface area contributed by atoms with Crippen LogP contribution < -0.4 is 4.90 Å². The highest BCUT2D eigenvalue weighted by Crippen LogP contribution is 2.33. The molecule has 1 saturated heterocycles. The van der Waals surface area contributed by atoms with Crippen molar-refractivity contribution >= 4 is 5.82 Å². The highest BCUT2D eigenvalue weighted by atomic mass is 16.5. The van der Waals surface area contributed by atoms with Gasteiger partial charge in [-0.25, -0.2) is 4.98 Å². The van der Waals surface area contributed by atoms with Crippen molar-refractivity contribution in [2.24, 2.45) is 0 Å². The molecule has 4 heterocycles. The van der Waals surface area contributed by atoms with Crippen molar-refractivity contribution in [2.45, 2.75) is 39.9 Å². The van der Waals surface area contributed by atoms with Crippen LogP contribution in [0.15, 0.2) is 41.3 Å². The Balaban J connectivity index is 1.82. The van der Waals surface area contributed by atoms with E-state index in [-0.39, 0.29) is 12.2 Å². The second-order valence-corrected chi connectivity index (χ2v) is 7.16. The molecule has 2 atom stereocenters. The minimum Gasteiger partial charge on any atom is -0.469 e. The fourth-order valence-electron chi connectivity index (χ4n) is 3.62. The first kappa shape index (κ1) is 17.7. The molecule has 27 heavy (non-hydrogen) atoms. The number of nitrogens with zero attached hydrogens (tertiary/aromatic N) is 4. The van der Waals surface area contributed by atoms with Crippen LogP contribution in [-0.4, -0.2) is 40.2 Å². The van der Waals surface area contributed by atoms with Crippen molar-refractivity contribution in [3.8, 4) is 22.5 Å². The maximum atomic E-state index is 5.85. The van der Waals surface area contributed by atoms with E-state index in [2.05, 4.69) is 23.7 Å². The Bertz CT molecular complexity index is 943. The topological polar surface area (TPSA) is 64.3 Å². The lowest BCUT2D eigenvalue weighted by molar-refractivity contribution is -0.00547. The molecule has 1 fully saturated rings. The standard InChI is InChI=1S/C21H24N4O2/c1-13-9-17(5-7-22-13)20-21(18-6-8-26-16(18)4)24-19(10-23-20)25-11-14(2)27-15(3)12-25/h5-10,14-15H,11-12H2,1-4H3/t14-,15+. The average Bonchev–Trinajstić information content (AvgIpc) is 3.06. The van der Waals surface area contributed by atoms with E-state index < -0.39 is 0 Å². The molecule has 0 N–H and O–H groups in total. The van der Waals surface area contributed by atoms with Gasteiger partial charge in [-0.2, -0.15) is 0 Å². The molecule has 0 aromatic carbocycles. The van der Waals surface area contributed by atoms with Crippen molar-refractivity contribution in [3.63, 3.8) is 0 Å². The summed E-state index contributed by atoms with van der Waals surface area (Å²) in [4.78, 5) is 16.3. The zero-order valence-corrected chi connectivity index (χ0v) is 16.1. The number of hydrogen-bond donors (Lipinski definition) is 0. The van der Waals surface area contributed by atoms with Gasteiger partial charge in [0.25, 0.3) is 0 Å². The molecule has 0 amide bonds. The summed E-state index contributed by atoms with van der Waals surface area (Å²) < 4.78 is 11.4. The third-order valence-corrected chi connectivity index (χ3v) is 4.79. The number of anilines is 1. The minimum absolute atomic E-state index is 0.164. The number of furan rings is 1. The third kappa shape index (κ3) is 3.57. The Kier molecular flexibility index (Phi) is 4.66. The van der Waals surface area contributed by atoms with Crippen molar-refractivity contribution in [2.75, 3.05) is 18.0 Å². The number of hydrogen-bond acceptors (Lipinski definition) is 6. The van der Waals surface area contributed by atoms with E-state index in [9.17, 15) is 0 Å². The maximum Gasteiger partial charge on any atom is 0.148 e. The zero-order chi connectivity index (χ0) is 19.0. The Morgan fingerprint density at radius 3 is 2.48 bits per heavy atom. The van der Waals surface area contributed by atoms with Gasteiger partial charge in [0.2, 0.25) is 0 Å². The van der Waals surface area contributed by atoms with E-state index in [0.717, 1.165) is 52.9 Å². The summed E-state index contributed by atoms with van der Waals surface area (Å²) >= 11 is 0. The predicted octanol–water partition coefficient (Wildman–Crippen LogP) is 4.03. The van der Waals surface area contributed by atoms with E-state index in [1.807, 2.05) is 38.2 Å². The van der Waals surface area contributed by atoms with E-state index in [4.69, 9.17) is 19.1 Å². The molecular formula is C21H24N4O2. The van der Waals surface area contributed by atoms with E-state index in [1.54, 1.807) is 12.5 Å². The minimum atomic E-state index is 0.164. The number of aromatic nitrogens is 3. The number of ether oxygens (including phenoxy) is 1. The Morgan fingerprint density at radius 2 is 1.81 bits per heavy atom. The molecule has 6 nitrogen and oxygen atoms in total. The SMILES string of the molecule is Cc1cc(-c2ncc(N3C[C@@H](C)O[C@@H](C)C3)nc2-c2ccoc2C)ccn1. The van der Waals surface area contributed by atoms with Crippen LogP contribution in [0.3, 0.4) is 0 Å². The first-order valence-electron chi connectivity index (χ1n) is 9.26. The van der Waals surface area contributed by atoms with Crippen LogP contribution >= 0.6 is 0 Å². The molecule has 140 valence electrons. The first-order valence-corrected chi connectivity index (χ1v) is 9.26. The second-order valence-electron chi connectivity index (χ2n) is 7.16. The molecule has 0 saturated carbocycles. The highest BCUT2D eigenvalue weighted by Gasteiger charge is 2.25. The zero-order valence-electron chi connectivity index (χ0n) is 16.1. The molecule has 0 unspecified atom stereocenters. The highest BCUT2D eigenvalue weighted by molar-refractivity contribution is 5.79. The van der Waals surface area contributed by atoms with Gasteiger partial charge in [0, 0.05) is 36.1 Å². The fourth-order valence-corrected chi connectivity index (χ4v) is 3.62. The van der Waals surface area contributed by atoms with Gasteiger partial charge >= 0.3 is 0 Å². The molecule has 3 aromatic rings. The normalized spacial score (nSPS) is 20.1. The van der Waals surface area contributed by atoms with Crippen LogP contribution in [0.2, 0.25) is 0 Å². The molecule has 4 rings (SSSR count).